The number of rotatable bonds is 7. The Balaban J connectivity index is 1.83. The Hall–Kier alpha value is -3.65. The van der Waals surface area contributed by atoms with Crippen LogP contribution < -0.4 is 14.9 Å². The quantitative estimate of drug-likeness (QED) is 0.588. The van der Waals surface area contributed by atoms with Crippen LogP contribution in [0.5, 0.6) is 0 Å². The molecule has 0 unspecified atom stereocenters. The minimum absolute atomic E-state index is 0.106. The normalized spacial score (nSPS) is 10.9. The van der Waals surface area contributed by atoms with Gasteiger partial charge >= 0.3 is 0 Å². The standard InChI is InChI=1S/C23H23N3O4S/c1-17-8-14-22(15-9-17)31(29,30)26(21-6-4-3-5-7-21)16-23(28)25-20-12-10-19(11-13-20)24-18(2)27/h3-15H,16H2,1-2H3,(H,24,27)(H,25,28). The average Bonchev–Trinajstić information content (AvgIpc) is 2.74. The summed E-state index contributed by atoms with van der Waals surface area (Å²) >= 11 is 0. The number of nitrogens with one attached hydrogen (secondary N) is 2. The summed E-state index contributed by atoms with van der Waals surface area (Å²) in [6, 6.07) is 21.5. The molecule has 8 heteroatoms. The molecule has 0 heterocycles. The Bertz CT molecular complexity index is 1160. The maximum Gasteiger partial charge on any atom is 0.264 e. The largest absolute Gasteiger partial charge is 0.326 e. The summed E-state index contributed by atoms with van der Waals surface area (Å²) < 4.78 is 27.7. The van der Waals surface area contributed by atoms with Crippen LogP contribution in [0.25, 0.3) is 0 Å². The molecule has 0 aliphatic heterocycles. The van der Waals surface area contributed by atoms with E-state index in [2.05, 4.69) is 10.6 Å². The molecular weight excluding hydrogens is 414 g/mol. The van der Waals surface area contributed by atoms with Gasteiger partial charge in [0, 0.05) is 18.3 Å². The van der Waals surface area contributed by atoms with Crippen molar-refractivity contribution in [1.29, 1.82) is 0 Å². The number of benzene rings is 3. The van der Waals surface area contributed by atoms with Gasteiger partial charge < -0.3 is 10.6 Å². The smallest absolute Gasteiger partial charge is 0.264 e. The fraction of sp³-hybridized carbons (Fsp3) is 0.130. The van der Waals surface area contributed by atoms with Crippen molar-refractivity contribution in [3.63, 3.8) is 0 Å². The lowest BCUT2D eigenvalue weighted by atomic mass is 10.2. The van der Waals surface area contributed by atoms with Gasteiger partial charge in [-0.15, -0.1) is 0 Å². The molecule has 3 aromatic carbocycles. The molecular formula is C23H23N3O4S. The lowest BCUT2D eigenvalue weighted by molar-refractivity contribution is -0.115. The highest BCUT2D eigenvalue weighted by Crippen LogP contribution is 2.24. The molecule has 0 aliphatic rings. The summed E-state index contributed by atoms with van der Waals surface area (Å²) in [6.07, 6.45) is 0. The van der Waals surface area contributed by atoms with Gasteiger partial charge in [0.25, 0.3) is 10.0 Å². The number of hydrogen-bond donors (Lipinski definition) is 2. The van der Waals surface area contributed by atoms with Gasteiger partial charge in [0.05, 0.1) is 10.6 Å². The van der Waals surface area contributed by atoms with E-state index in [0.29, 0.717) is 17.1 Å². The summed E-state index contributed by atoms with van der Waals surface area (Å²) in [5, 5.41) is 5.34. The topological polar surface area (TPSA) is 95.6 Å². The van der Waals surface area contributed by atoms with Crippen molar-refractivity contribution in [2.24, 2.45) is 0 Å². The highest BCUT2D eigenvalue weighted by Gasteiger charge is 2.27. The van der Waals surface area contributed by atoms with E-state index in [0.717, 1.165) is 9.87 Å². The highest BCUT2D eigenvalue weighted by molar-refractivity contribution is 7.92. The lowest BCUT2D eigenvalue weighted by Crippen LogP contribution is -2.38. The number of hydrogen-bond acceptors (Lipinski definition) is 4. The van der Waals surface area contributed by atoms with E-state index in [-0.39, 0.29) is 10.8 Å². The van der Waals surface area contributed by atoms with Crippen molar-refractivity contribution in [2.45, 2.75) is 18.7 Å². The van der Waals surface area contributed by atoms with E-state index in [9.17, 15) is 18.0 Å². The highest BCUT2D eigenvalue weighted by atomic mass is 32.2. The zero-order chi connectivity index (χ0) is 22.4. The van der Waals surface area contributed by atoms with Crippen LogP contribution in [0.3, 0.4) is 0 Å². The molecule has 0 fully saturated rings. The van der Waals surface area contributed by atoms with E-state index in [4.69, 9.17) is 0 Å². The number of nitrogens with zero attached hydrogens (tertiary/aromatic N) is 1. The molecule has 0 aromatic heterocycles. The van der Waals surface area contributed by atoms with Gasteiger partial charge in [0.1, 0.15) is 6.54 Å². The van der Waals surface area contributed by atoms with Crippen molar-refractivity contribution in [1.82, 2.24) is 0 Å². The number of amides is 2. The molecule has 0 bridgehead atoms. The second kappa shape index (κ2) is 9.44. The predicted octanol–water partition coefficient (Wildman–Crippen LogP) is 3.79. The third-order valence-corrected chi connectivity index (χ3v) is 6.22. The van der Waals surface area contributed by atoms with Crippen LogP contribution in [-0.2, 0) is 19.6 Å². The molecule has 0 saturated carbocycles. The number of aryl methyl sites for hydroxylation is 1. The van der Waals surface area contributed by atoms with Gasteiger partial charge in [0.2, 0.25) is 11.8 Å². The van der Waals surface area contributed by atoms with E-state index < -0.39 is 22.5 Å². The minimum Gasteiger partial charge on any atom is -0.326 e. The molecule has 160 valence electrons. The van der Waals surface area contributed by atoms with Crippen LogP contribution in [0, 0.1) is 6.92 Å². The maximum absolute atomic E-state index is 13.3. The number of carbonyl (C=O) groups excluding carboxylic acids is 2. The van der Waals surface area contributed by atoms with Crippen molar-refractivity contribution in [2.75, 3.05) is 21.5 Å². The number of anilines is 3. The second-order valence-corrected chi connectivity index (χ2v) is 8.83. The summed E-state index contributed by atoms with van der Waals surface area (Å²) in [6.45, 7) is 2.88. The Morgan fingerprint density at radius 1 is 0.806 bits per heavy atom. The van der Waals surface area contributed by atoms with Crippen LogP contribution in [0.4, 0.5) is 17.1 Å². The van der Waals surface area contributed by atoms with Crippen LogP contribution in [0.2, 0.25) is 0 Å². The van der Waals surface area contributed by atoms with Gasteiger partial charge in [-0.3, -0.25) is 13.9 Å². The molecule has 3 rings (SSSR count). The zero-order valence-corrected chi connectivity index (χ0v) is 18.0. The van der Waals surface area contributed by atoms with Crippen molar-refractivity contribution < 1.29 is 18.0 Å². The Morgan fingerprint density at radius 2 is 1.35 bits per heavy atom. The van der Waals surface area contributed by atoms with Crippen molar-refractivity contribution >= 4 is 38.9 Å². The molecule has 0 aliphatic carbocycles. The Morgan fingerprint density at radius 3 is 1.90 bits per heavy atom. The van der Waals surface area contributed by atoms with Gasteiger partial charge in [0.15, 0.2) is 0 Å². The third kappa shape index (κ3) is 5.70. The van der Waals surface area contributed by atoms with Crippen LogP contribution in [0.1, 0.15) is 12.5 Å². The first-order valence-electron chi connectivity index (χ1n) is 9.58. The SMILES string of the molecule is CC(=O)Nc1ccc(NC(=O)CN(c2ccccc2)S(=O)(=O)c2ccc(C)cc2)cc1. The Kier molecular flexibility index (Phi) is 6.71. The van der Waals surface area contributed by atoms with E-state index >= 15 is 0 Å². The average molecular weight is 438 g/mol. The van der Waals surface area contributed by atoms with Crippen molar-refractivity contribution in [3.05, 3.63) is 84.4 Å². The molecule has 0 saturated heterocycles. The number of carbonyl (C=O) groups is 2. The molecule has 2 amide bonds. The fourth-order valence-electron chi connectivity index (χ4n) is 2.92. The number of sulfonamides is 1. The van der Waals surface area contributed by atoms with Crippen LogP contribution in [-0.4, -0.2) is 26.8 Å². The second-order valence-electron chi connectivity index (χ2n) is 6.97. The van der Waals surface area contributed by atoms with Crippen LogP contribution >= 0.6 is 0 Å². The lowest BCUT2D eigenvalue weighted by Gasteiger charge is -2.24. The predicted molar refractivity (Wildman–Crippen MR) is 122 cm³/mol. The number of para-hydroxylation sites is 1. The molecule has 0 atom stereocenters. The summed E-state index contributed by atoms with van der Waals surface area (Å²) in [5.74, 6) is -0.691. The minimum atomic E-state index is -3.95. The first-order valence-corrected chi connectivity index (χ1v) is 11.0. The first-order chi connectivity index (χ1) is 14.8. The monoisotopic (exact) mass is 437 g/mol. The zero-order valence-electron chi connectivity index (χ0n) is 17.2. The van der Waals surface area contributed by atoms with E-state index in [1.165, 1.54) is 19.1 Å². The summed E-state index contributed by atoms with van der Waals surface area (Å²) in [5.41, 5.74) is 2.41. The molecule has 31 heavy (non-hydrogen) atoms. The van der Waals surface area contributed by atoms with Gasteiger partial charge in [-0.05, 0) is 55.5 Å². The third-order valence-electron chi connectivity index (χ3n) is 4.43. The molecule has 0 radical (unpaired) electrons. The van der Waals surface area contributed by atoms with Crippen molar-refractivity contribution in [3.8, 4) is 0 Å². The molecule has 0 spiro atoms. The first kappa shape index (κ1) is 22.0. The van der Waals surface area contributed by atoms with Gasteiger partial charge in [-0.1, -0.05) is 35.9 Å². The van der Waals surface area contributed by atoms with Gasteiger partial charge in [-0.2, -0.15) is 0 Å². The van der Waals surface area contributed by atoms with E-state index in [1.54, 1.807) is 66.7 Å². The van der Waals surface area contributed by atoms with E-state index in [1.807, 2.05) is 6.92 Å². The van der Waals surface area contributed by atoms with Crippen LogP contribution in [0.15, 0.2) is 83.8 Å². The summed E-state index contributed by atoms with van der Waals surface area (Å²) in [4.78, 5) is 23.9. The molecule has 2 N–H and O–H groups in total. The fourth-order valence-corrected chi connectivity index (χ4v) is 4.34. The molecule has 7 nitrogen and oxygen atoms in total. The summed E-state index contributed by atoms with van der Waals surface area (Å²) in [7, 11) is -3.95. The maximum atomic E-state index is 13.3. The van der Waals surface area contributed by atoms with Gasteiger partial charge in [-0.25, -0.2) is 8.42 Å². The molecule has 3 aromatic rings. The Labute approximate surface area is 181 Å².